The van der Waals surface area contributed by atoms with E-state index in [1.807, 2.05) is 6.07 Å². The lowest BCUT2D eigenvalue weighted by atomic mass is 10.0. The van der Waals surface area contributed by atoms with Crippen molar-refractivity contribution in [3.05, 3.63) is 11.6 Å². The quantitative estimate of drug-likeness (QED) is 0.730. The SMILES string of the molecule is CC1=C[C@@H](C#N)N2C[C@H]1N(O[C@H](F)C(=O)O)C2=O. The molecule has 0 unspecified atom stereocenters. The summed E-state index contributed by atoms with van der Waals surface area (Å²) in [6, 6.07) is -0.0667. The lowest BCUT2D eigenvalue weighted by molar-refractivity contribution is -0.220. The lowest BCUT2D eigenvalue weighted by Gasteiger charge is -2.24. The van der Waals surface area contributed by atoms with Gasteiger partial charge in [-0.05, 0) is 18.6 Å². The molecule has 1 N–H and O–H groups in total. The maximum absolute atomic E-state index is 13.0. The van der Waals surface area contributed by atoms with Crippen molar-refractivity contribution in [3.63, 3.8) is 0 Å². The Morgan fingerprint density at radius 3 is 3.00 bits per heavy atom. The highest BCUT2D eigenvalue weighted by atomic mass is 19.1. The molecular formula is C10H10FN3O4. The Hall–Kier alpha value is -2.14. The van der Waals surface area contributed by atoms with E-state index in [2.05, 4.69) is 4.84 Å². The van der Waals surface area contributed by atoms with Crippen LogP contribution in [0.2, 0.25) is 0 Å². The summed E-state index contributed by atoms with van der Waals surface area (Å²) in [4.78, 5) is 27.9. The van der Waals surface area contributed by atoms with Crippen molar-refractivity contribution in [2.75, 3.05) is 6.54 Å². The molecule has 0 saturated carbocycles. The number of nitrogens with zero attached hydrogens (tertiary/aromatic N) is 3. The minimum Gasteiger partial charge on any atom is -0.477 e. The number of carboxylic acids is 1. The van der Waals surface area contributed by atoms with Gasteiger partial charge in [0.15, 0.2) is 0 Å². The van der Waals surface area contributed by atoms with Crippen LogP contribution in [0.4, 0.5) is 9.18 Å². The molecule has 2 aliphatic heterocycles. The van der Waals surface area contributed by atoms with E-state index in [-0.39, 0.29) is 6.54 Å². The number of halogens is 1. The maximum Gasteiger partial charge on any atom is 0.368 e. The molecule has 2 rings (SSSR count). The molecule has 0 aromatic heterocycles. The molecule has 2 amide bonds. The van der Waals surface area contributed by atoms with Crippen molar-refractivity contribution in [1.29, 1.82) is 5.26 Å². The summed E-state index contributed by atoms with van der Waals surface area (Å²) in [5.74, 6) is -1.81. The molecule has 2 aliphatic rings. The number of carboxylic acid groups (broad SMARTS) is 1. The molecule has 0 radical (unpaired) electrons. The molecular weight excluding hydrogens is 245 g/mol. The van der Waals surface area contributed by atoms with Crippen molar-refractivity contribution in [2.24, 2.45) is 0 Å². The molecule has 8 heteroatoms. The van der Waals surface area contributed by atoms with E-state index in [1.54, 1.807) is 13.0 Å². The van der Waals surface area contributed by atoms with Gasteiger partial charge >= 0.3 is 18.4 Å². The molecule has 0 aromatic carbocycles. The number of hydrogen-bond donors (Lipinski definition) is 1. The molecule has 7 nitrogen and oxygen atoms in total. The van der Waals surface area contributed by atoms with Crippen LogP contribution in [0.1, 0.15) is 6.92 Å². The first-order valence-electron chi connectivity index (χ1n) is 5.17. The largest absolute Gasteiger partial charge is 0.477 e. The highest BCUT2D eigenvalue weighted by Crippen LogP contribution is 2.30. The van der Waals surface area contributed by atoms with E-state index in [0.29, 0.717) is 10.6 Å². The van der Waals surface area contributed by atoms with Crippen molar-refractivity contribution in [1.82, 2.24) is 9.96 Å². The van der Waals surface area contributed by atoms with Gasteiger partial charge in [-0.3, -0.25) is 0 Å². The smallest absolute Gasteiger partial charge is 0.368 e. The average molecular weight is 255 g/mol. The van der Waals surface area contributed by atoms with E-state index in [9.17, 15) is 14.0 Å². The molecule has 0 spiro atoms. The lowest BCUT2D eigenvalue weighted by Crippen LogP contribution is -2.39. The van der Waals surface area contributed by atoms with E-state index >= 15 is 0 Å². The van der Waals surface area contributed by atoms with Crippen LogP contribution < -0.4 is 0 Å². The maximum atomic E-state index is 13.0. The van der Waals surface area contributed by atoms with Gasteiger partial charge in [0.25, 0.3) is 0 Å². The number of nitriles is 1. The van der Waals surface area contributed by atoms with Gasteiger partial charge in [-0.15, -0.1) is 0 Å². The van der Waals surface area contributed by atoms with Gasteiger partial charge in [0.1, 0.15) is 12.1 Å². The zero-order valence-corrected chi connectivity index (χ0v) is 9.41. The first-order chi connectivity index (χ1) is 8.45. The van der Waals surface area contributed by atoms with Crippen LogP contribution in [-0.4, -0.2) is 52.1 Å². The molecule has 1 saturated heterocycles. The summed E-state index contributed by atoms with van der Waals surface area (Å²) in [5.41, 5.74) is 0.668. The van der Waals surface area contributed by atoms with Crippen LogP contribution in [0, 0.1) is 11.3 Å². The van der Waals surface area contributed by atoms with Gasteiger partial charge < -0.3 is 10.0 Å². The molecule has 3 atom stereocenters. The van der Waals surface area contributed by atoms with Gasteiger partial charge in [-0.25, -0.2) is 18.8 Å². The van der Waals surface area contributed by atoms with E-state index in [4.69, 9.17) is 10.4 Å². The van der Waals surface area contributed by atoms with Gasteiger partial charge in [0.05, 0.1) is 12.6 Å². The predicted molar refractivity (Wildman–Crippen MR) is 54.5 cm³/mol. The highest BCUT2D eigenvalue weighted by Gasteiger charge is 2.47. The van der Waals surface area contributed by atoms with Gasteiger partial charge in [-0.2, -0.15) is 10.3 Å². The Labute approximate surface area is 102 Å². The molecule has 2 heterocycles. The predicted octanol–water partition coefficient (Wildman–Crippen LogP) is 0.256. The van der Waals surface area contributed by atoms with Crippen molar-refractivity contribution in [2.45, 2.75) is 25.4 Å². The molecule has 0 aromatic rings. The van der Waals surface area contributed by atoms with Crippen molar-refractivity contribution >= 4 is 12.0 Å². The van der Waals surface area contributed by atoms with Gasteiger partial charge in [0, 0.05) is 0 Å². The van der Waals surface area contributed by atoms with Crippen molar-refractivity contribution in [3.8, 4) is 6.07 Å². The molecule has 0 aliphatic carbocycles. The second kappa shape index (κ2) is 4.27. The third-order valence-corrected chi connectivity index (χ3v) is 2.90. The highest BCUT2D eigenvalue weighted by molar-refractivity contribution is 5.79. The van der Waals surface area contributed by atoms with Crippen LogP contribution in [0.25, 0.3) is 0 Å². The summed E-state index contributed by atoms with van der Waals surface area (Å²) in [5, 5.41) is 18.0. The summed E-state index contributed by atoms with van der Waals surface area (Å²) >= 11 is 0. The summed E-state index contributed by atoms with van der Waals surface area (Å²) < 4.78 is 13.0. The first-order valence-corrected chi connectivity index (χ1v) is 5.17. The molecule has 2 bridgehead atoms. The Morgan fingerprint density at radius 1 is 1.78 bits per heavy atom. The summed E-state index contributed by atoms with van der Waals surface area (Å²) in [6.07, 6.45) is -1.04. The number of carbonyl (C=O) groups excluding carboxylic acids is 1. The van der Waals surface area contributed by atoms with Gasteiger partial charge in [0.2, 0.25) is 0 Å². The second-order valence-electron chi connectivity index (χ2n) is 4.02. The van der Waals surface area contributed by atoms with E-state index in [1.165, 1.54) is 4.90 Å². The van der Waals surface area contributed by atoms with E-state index < -0.39 is 30.4 Å². The van der Waals surface area contributed by atoms with Crippen LogP contribution in [0.15, 0.2) is 11.6 Å². The monoisotopic (exact) mass is 255 g/mol. The third-order valence-electron chi connectivity index (χ3n) is 2.90. The number of fused-ring (bicyclic) bond motifs is 2. The fourth-order valence-corrected chi connectivity index (χ4v) is 1.98. The standard InChI is InChI=1S/C10H10FN3O4/c1-5-2-6(3-12)13-4-7(5)14(10(13)17)18-8(11)9(15)16/h2,6-8H,4H2,1H3,(H,15,16)/t6-,7+,8-/m0/s1. The van der Waals surface area contributed by atoms with Crippen LogP contribution in [0.3, 0.4) is 0 Å². The van der Waals surface area contributed by atoms with Crippen molar-refractivity contribution < 1.29 is 23.9 Å². The third kappa shape index (κ3) is 1.78. The minimum atomic E-state index is -2.61. The molecule has 18 heavy (non-hydrogen) atoms. The Kier molecular flexibility index (Phi) is 2.92. The number of aliphatic carboxylic acids is 1. The summed E-state index contributed by atoms with van der Waals surface area (Å²) in [7, 11) is 0. The fraction of sp³-hybridized carbons (Fsp3) is 0.500. The topological polar surface area (TPSA) is 93.9 Å². The molecule has 1 fully saturated rings. The summed E-state index contributed by atoms with van der Waals surface area (Å²) in [6.45, 7) is 1.86. The number of urea groups is 1. The second-order valence-corrected chi connectivity index (χ2v) is 4.02. The van der Waals surface area contributed by atoms with E-state index in [0.717, 1.165) is 0 Å². The number of amides is 2. The minimum absolute atomic E-state index is 0.186. The van der Waals surface area contributed by atoms with Crippen LogP contribution in [-0.2, 0) is 9.63 Å². The average Bonchev–Trinajstić information content (AvgIpc) is 2.60. The zero-order valence-electron chi connectivity index (χ0n) is 9.41. The van der Waals surface area contributed by atoms with Gasteiger partial charge in [-0.1, -0.05) is 0 Å². The number of alkyl halides is 1. The Balaban J connectivity index is 2.21. The number of rotatable bonds is 3. The Bertz CT molecular complexity index is 472. The van der Waals surface area contributed by atoms with Crippen LogP contribution in [0.5, 0.6) is 0 Å². The number of hydroxylamine groups is 2. The fourth-order valence-electron chi connectivity index (χ4n) is 1.98. The van der Waals surface area contributed by atoms with Crippen LogP contribution >= 0.6 is 0 Å². The number of carbonyl (C=O) groups is 2. The molecule has 96 valence electrons. The first kappa shape index (κ1) is 12.3. The Morgan fingerprint density at radius 2 is 2.44 bits per heavy atom. The zero-order chi connectivity index (χ0) is 13.4. The number of hydrogen-bond acceptors (Lipinski definition) is 4. The normalized spacial score (nSPS) is 27.8.